The van der Waals surface area contributed by atoms with Crippen molar-refractivity contribution in [2.24, 2.45) is 0 Å². The first kappa shape index (κ1) is 19.4. The summed E-state index contributed by atoms with van der Waals surface area (Å²) in [6.07, 6.45) is 0. The van der Waals surface area contributed by atoms with Gasteiger partial charge in [-0.15, -0.1) is 0 Å². The Hall–Kier alpha value is -1.95. The van der Waals surface area contributed by atoms with Crippen LogP contribution in [0.5, 0.6) is 11.5 Å². The Bertz CT molecular complexity index is 753. The molecule has 0 spiro atoms. The fourth-order valence-electron chi connectivity index (χ4n) is 2.39. The number of quaternary nitrogens is 1. The molecule has 5 nitrogen and oxygen atoms in total. The standard InChI is InChI=1S/C18H20Cl2N2O3/c1-11(14-6-4-12(19)8-15(14)20)21-10-18(23)22-16-9-13(24-2)5-7-17(16)25-3/h4-9,11,21H,10H2,1-3H3,(H,22,23)/p+1/t11-/m1/s1. The van der Waals surface area contributed by atoms with E-state index in [0.29, 0.717) is 27.2 Å². The van der Waals surface area contributed by atoms with Crippen molar-refractivity contribution in [1.29, 1.82) is 0 Å². The van der Waals surface area contributed by atoms with Gasteiger partial charge in [0, 0.05) is 16.7 Å². The molecule has 0 saturated heterocycles. The lowest BCUT2D eigenvalue weighted by Gasteiger charge is -2.14. The van der Waals surface area contributed by atoms with Crippen LogP contribution in [0.4, 0.5) is 5.69 Å². The molecule has 0 aromatic heterocycles. The number of carbonyl (C=O) groups is 1. The summed E-state index contributed by atoms with van der Waals surface area (Å²) in [4.78, 5) is 12.3. The van der Waals surface area contributed by atoms with Crippen LogP contribution >= 0.6 is 23.2 Å². The van der Waals surface area contributed by atoms with Crippen molar-refractivity contribution in [1.82, 2.24) is 0 Å². The fraction of sp³-hybridized carbons (Fsp3) is 0.278. The van der Waals surface area contributed by atoms with E-state index in [1.165, 1.54) is 0 Å². The number of benzene rings is 2. The van der Waals surface area contributed by atoms with Gasteiger partial charge in [0.25, 0.3) is 5.91 Å². The molecule has 134 valence electrons. The molecule has 0 unspecified atom stereocenters. The van der Waals surface area contributed by atoms with E-state index in [9.17, 15) is 4.79 Å². The molecule has 25 heavy (non-hydrogen) atoms. The third kappa shape index (κ3) is 5.26. The zero-order valence-electron chi connectivity index (χ0n) is 14.3. The number of nitrogens with two attached hydrogens (primary N) is 1. The van der Waals surface area contributed by atoms with Gasteiger partial charge in [0.15, 0.2) is 6.54 Å². The van der Waals surface area contributed by atoms with Crippen molar-refractivity contribution >= 4 is 34.8 Å². The fourth-order valence-corrected chi connectivity index (χ4v) is 2.98. The van der Waals surface area contributed by atoms with Gasteiger partial charge in [-0.3, -0.25) is 4.79 Å². The lowest BCUT2D eigenvalue weighted by molar-refractivity contribution is -0.682. The van der Waals surface area contributed by atoms with Gasteiger partial charge in [0.1, 0.15) is 17.5 Å². The molecule has 0 aliphatic rings. The van der Waals surface area contributed by atoms with Crippen LogP contribution in [0.15, 0.2) is 36.4 Å². The Kier molecular flexibility index (Phi) is 6.93. The van der Waals surface area contributed by atoms with E-state index in [2.05, 4.69) is 5.32 Å². The molecule has 0 radical (unpaired) electrons. The summed E-state index contributed by atoms with van der Waals surface area (Å²) in [5, 5.41) is 5.91. The van der Waals surface area contributed by atoms with E-state index in [1.807, 2.05) is 18.3 Å². The maximum atomic E-state index is 12.3. The molecule has 1 atom stereocenters. The molecule has 7 heteroatoms. The first-order valence-corrected chi connectivity index (χ1v) is 8.50. The number of amides is 1. The number of hydrogen-bond donors (Lipinski definition) is 2. The smallest absolute Gasteiger partial charge is 0.279 e. The van der Waals surface area contributed by atoms with E-state index in [4.69, 9.17) is 32.7 Å². The summed E-state index contributed by atoms with van der Waals surface area (Å²) in [7, 11) is 3.12. The van der Waals surface area contributed by atoms with Crippen LogP contribution in [0, 0.1) is 0 Å². The molecular formula is C18H21Cl2N2O3+. The molecule has 2 aromatic carbocycles. The molecule has 2 aromatic rings. The highest BCUT2D eigenvalue weighted by Crippen LogP contribution is 2.28. The number of nitrogens with one attached hydrogen (secondary N) is 1. The van der Waals surface area contributed by atoms with E-state index < -0.39 is 0 Å². The van der Waals surface area contributed by atoms with Crippen LogP contribution in [-0.4, -0.2) is 26.7 Å². The van der Waals surface area contributed by atoms with Gasteiger partial charge in [-0.25, -0.2) is 0 Å². The highest BCUT2D eigenvalue weighted by molar-refractivity contribution is 6.35. The topological polar surface area (TPSA) is 64.2 Å². The maximum Gasteiger partial charge on any atom is 0.279 e. The SMILES string of the molecule is COc1ccc(OC)c(NC(=O)C[NH2+][C@H](C)c2ccc(Cl)cc2Cl)c1. The molecule has 1 amide bonds. The largest absolute Gasteiger partial charge is 0.497 e. The number of carbonyl (C=O) groups excluding carboxylic acids is 1. The van der Waals surface area contributed by atoms with Crippen molar-refractivity contribution in [3.63, 3.8) is 0 Å². The highest BCUT2D eigenvalue weighted by atomic mass is 35.5. The van der Waals surface area contributed by atoms with E-state index >= 15 is 0 Å². The summed E-state index contributed by atoms with van der Waals surface area (Å²) in [5.74, 6) is 1.06. The van der Waals surface area contributed by atoms with Crippen LogP contribution < -0.4 is 20.1 Å². The molecule has 3 N–H and O–H groups in total. The van der Waals surface area contributed by atoms with Gasteiger partial charge in [-0.2, -0.15) is 0 Å². The molecule has 2 rings (SSSR count). The van der Waals surface area contributed by atoms with Crippen molar-refractivity contribution in [3.05, 3.63) is 52.0 Å². The monoisotopic (exact) mass is 383 g/mol. The second-order valence-corrected chi connectivity index (χ2v) is 6.35. The van der Waals surface area contributed by atoms with Gasteiger partial charge >= 0.3 is 0 Å². The average molecular weight is 384 g/mol. The molecule has 0 aliphatic heterocycles. The van der Waals surface area contributed by atoms with Gasteiger partial charge in [-0.1, -0.05) is 29.3 Å². The normalized spacial score (nSPS) is 11.7. The third-order valence-electron chi connectivity index (χ3n) is 3.79. The molecule has 0 saturated carbocycles. The molecule has 0 aliphatic carbocycles. The van der Waals surface area contributed by atoms with Crippen LogP contribution in [0.3, 0.4) is 0 Å². The van der Waals surface area contributed by atoms with Gasteiger partial charge in [0.2, 0.25) is 0 Å². The Morgan fingerprint density at radius 2 is 1.92 bits per heavy atom. The molecule has 0 bridgehead atoms. The zero-order valence-corrected chi connectivity index (χ0v) is 15.8. The number of anilines is 1. The van der Waals surface area contributed by atoms with Crippen LogP contribution in [0.1, 0.15) is 18.5 Å². The predicted molar refractivity (Wildman–Crippen MR) is 99.8 cm³/mol. The van der Waals surface area contributed by atoms with Crippen LogP contribution in [0.25, 0.3) is 0 Å². The van der Waals surface area contributed by atoms with Crippen molar-refractivity contribution < 1.29 is 19.6 Å². The van der Waals surface area contributed by atoms with Crippen molar-refractivity contribution in [2.45, 2.75) is 13.0 Å². The quantitative estimate of drug-likeness (QED) is 0.770. The second-order valence-electron chi connectivity index (χ2n) is 5.51. The first-order chi connectivity index (χ1) is 11.9. The van der Waals surface area contributed by atoms with Gasteiger partial charge in [0.05, 0.1) is 24.9 Å². The summed E-state index contributed by atoms with van der Waals surface area (Å²) in [6.45, 7) is 2.22. The van der Waals surface area contributed by atoms with Crippen LogP contribution in [-0.2, 0) is 4.79 Å². The summed E-state index contributed by atoms with van der Waals surface area (Å²) in [6, 6.07) is 10.6. The predicted octanol–water partition coefficient (Wildman–Crippen LogP) is 3.27. The van der Waals surface area contributed by atoms with Crippen molar-refractivity contribution in [3.8, 4) is 11.5 Å². The number of methoxy groups -OCH3 is 2. The Morgan fingerprint density at radius 3 is 2.56 bits per heavy atom. The number of hydrogen-bond acceptors (Lipinski definition) is 3. The third-order valence-corrected chi connectivity index (χ3v) is 4.35. The minimum absolute atomic E-state index is 0.0164. The van der Waals surface area contributed by atoms with Crippen molar-refractivity contribution in [2.75, 3.05) is 26.1 Å². The Morgan fingerprint density at radius 1 is 1.16 bits per heavy atom. The zero-order chi connectivity index (χ0) is 18.4. The molecule has 0 fully saturated rings. The lowest BCUT2D eigenvalue weighted by Crippen LogP contribution is -2.86. The average Bonchev–Trinajstić information content (AvgIpc) is 2.59. The Balaban J connectivity index is 1.98. The van der Waals surface area contributed by atoms with Gasteiger partial charge in [-0.05, 0) is 31.2 Å². The van der Waals surface area contributed by atoms with Gasteiger partial charge < -0.3 is 20.1 Å². The van der Waals surface area contributed by atoms with E-state index in [1.54, 1.807) is 44.6 Å². The second kappa shape index (κ2) is 8.94. The van der Waals surface area contributed by atoms with E-state index in [0.717, 1.165) is 5.56 Å². The van der Waals surface area contributed by atoms with Crippen LogP contribution in [0.2, 0.25) is 10.0 Å². The summed E-state index contributed by atoms with van der Waals surface area (Å²) in [5.41, 5.74) is 1.50. The first-order valence-electron chi connectivity index (χ1n) is 7.74. The number of rotatable bonds is 7. The molecule has 0 heterocycles. The minimum Gasteiger partial charge on any atom is -0.497 e. The van der Waals surface area contributed by atoms with E-state index in [-0.39, 0.29) is 18.5 Å². The highest BCUT2D eigenvalue weighted by Gasteiger charge is 2.16. The number of ether oxygens (including phenoxy) is 2. The lowest BCUT2D eigenvalue weighted by atomic mass is 10.1. The molecular weight excluding hydrogens is 363 g/mol. The minimum atomic E-state index is -0.150. The maximum absolute atomic E-state index is 12.3. The Labute approximate surface area is 157 Å². The summed E-state index contributed by atoms with van der Waals surface area (Å²) >= 11 is 12.1. The summed E-state index contributed by atoms with van der Waals surface area (Å²) < 4.78 is 10.4. The number of halogens is 2.